The second-order valence-corrected chi connectivity index (χ2v) is 11.2. The third-order valence-electron chi connectivity index (χ3n) is 7.73. The summed E-state index contributed by atoms with van der Waals surface area (Å²) in [5, 5.41) is 12.4. The monoisotopic (exact) mass is 530 g/mol. The van der Waals surface area contributed by atoms with E-state index in [0.29, 0.717) is 30.8 Å². The van der Waals surface area contributed by atoms with Gasteiger partial charge in [0.1, 0.15) is 0 Å². The first kappa shape index (κ1) is 24.5. The van der Waals surface area contributed by atoms with Crippen LogP contribution in [-0.4, -0.2) is 68.5 Å². The number of carboxylic acids is 1. The highest BCUT2D eigenvalue weighted by Crippen LogP contribution is 2.39. The number of amides is 4. The first-order valence-electron chi connectivity index (χ1n) is 13.1. The molecule has 1 N–H and O–H groups in total. The SMILES string of the molecule is O=C(O)[C@@H]1[C@H]2CC[C@@H](CN1C(=O)N(c1ccccc1)c1ccccc1)N2C(=O)N(Cc1cccs1)C1CC1. The van der Waals surface area contributed by atoms with E-state index in [1.54, 1.807) is 21.1 Å². The topological polar surface area (TPSA) is 84.4 Å². The second-order valence-electron chi connectivity index (χ2n) is 10.2. The van der Waals surface area contributed by atoms with E-state index in [-0.39, 0.29) is 24.7 Å². The molecule has 2 bridgehead atoms. The van der Waals surface area contributed by atoms with Crippen molar-refractivity contribution in [3.05, 3.63) is 83.1 Å². The second kappa shape index (κ2) is 10.1. The molecule has 196 valence electrons. The summed E-state index contributed by atoms with van der Waals surface area (Å²) in [5.74, 6) is -1.08. The van der Waals surface area contributed by atoms with E-state index in [1.165, 1.54) is 4.90 Å². The molecule has 3 aromatic rings. The van der Waals surface area contributed by atoms with Crippen molar-refractivity contribution in [1.29, 1.82) is 0 Å². The van der Waals surface area contributed by atoms with Crippen molar-refractivity contribution in [3.63, 3.8) is 0 Å². The Morgan fingerprint density at radius 2 is 1.50 bits per heavy atom. The van der Waals surface area contributed by atoms with Crippen LogP contribution in [0.4, 0.5) is 21.0 Å². The Bertz CT molecular complexity index is 1260. The standard InChI is InChI=1S/C29H30N4O4S/c34-27(35)26-25-16-15-23(33(25)28(36)30(20-13-14-20)19-24-12-7-17-38-24)18-31(26)29(37)32(21-8-3-1-4-9-21)22-10-5-2-6-11-22/h1-12,17,20,23,25-26H,13-16,18-19H2,(H,34,35)/t23-,25+,26-/m0/s1. The molecule has 9 heteroatoms. The number of aliphatic carboxylic acids is 1. The molecule has 3 fully saturated rings. The molecule has 2 aliphatic heterocycles. The number of benzene rings is 2. The molecule has 6 rings (SSSR count). The Kier molecular flexibility index (Phi) is 6.53. The maximum atomic E-state index is 14.1. The molecule has 1 saturated carbocycles. The maximum Gasteiger partial charge on any atom is 0.329 e. The van der Waals surface area contributed by atoms with Crippen molar-refractivity contribution in [2.75, 3.05) is 11.4 Å². The number of hydrogen-bond acceptors (Lipinski definition) is 4. The molecular formula is C29H30N4O4S. The fraction of sp³-hybridized carbons (Fsp3) is 0.345. The number of piperazine rings is 1. The van der Waals surface area contributed by atoms with Gasteiger partial charge in [0, 0.05) is 17.5 Å². The number of carbonyl (C=O) groups excluding carboxylic acids is 2. The largest absolute Gasteiger partial charge is 0.480 e. The number of urea groups is 2. The smallest absolute Gasteiger partial charge is 0.329 e. The average Bonchev–Trinajstić information content (AvgIpc) is 3.56. The number of nitrogens with zero attached hydrogens (tertiary/aromatic N) is 4. The van der Waals surface area contributed by atoms with Crippen LogP contribution in [0, 0.1) is 0 Å². The molecule has 0 radical (unpaired) electrons. The van der Waals surface area contributed by atoms with Gasteiger partial charge in [-0.3, -0.25) is 4.90 Å². The summed E-state index contributed by atoms with van der Waals surface area (Å²) in [6.45, 7) is 0.721. The zero-order valence-electron chi connectivity index (χ0n) is 20.9. The Balaban J connectivity index is 1.31. The summed E-state index contributed by atoms with van der Waals surface area (Å²) < 4.78 is 0. The van der Waals surface area contributed by atoms with E-state index in [2.05, 4.69) is 0 Å². The van der Waals surface area contributed by atoms with E-state index in [9.17, 15) is 19.5 Å². The number of carboxylic acid groups (broad SMARTS) is 1. The van der Waals surface area contributed by atoms with Gasteiger partial charge in [-0.1, -0.05) is 42.5 Å². The molecule has 2 saturated heterocycles. The van der Waals surface area contributed by atoms with Crippen LogP contribution in [0.2, 0.25) is 0 Å². The van der Waals surface area contributed by atoms with E-state index in [1.807, 2.05) is 83.1 Å². The van der Waals surface area contributed by atoms with Gasteiger partial charge in [0.05, 0.1) is 30.0 Å². The Hall–Kier alpha value is -3.85. The number of carbonyl (C=O) groups is 3. The normalized spacial score (nSPS) is 22.3. The molecule has 4 amide bonds. The highest BCUT2D eigenvalue weighted by molar-refractivity contribution is 7.09. The van der Waals surface area contributed by atoms with E-state index in [0.717, 1.165) is 17.7 Å². The fourth-order valence-corrected chi connectivity index (χ4v) is 6.56. The van der Waals surface area contributed by atoms with Gasteiger partial charge in [-0.25, -0.2) is 14.4 Å². The number of anilines is 2. The summed E-state index contributed by atoms with van der Waals surface area (Å²) in [6.07, 6.45) is 3.18. The number of thiophene rings is 1. The molecule has 0 unspecified atom stereocenters. The summed E-state index contributed by atoms with van der Waals surface area (Å²) in [6, 6.07) is 20.3. The van der Waals surface area contributed by atoms with Crippen molar-refractivity contribution in [1.82, 2.24) is 14.7 Å². The Labute approximate surface area is 225 Å². The minimum atomic E-state index is -1.12. The molecule has 1 aliphatic carbocycles. The predicted octanol–water partition coefficient (Wildman–Crippen LogP) is 5.39. The maximum absolute atomic E-state index is 14.1. The average molecular weight is 531 g/mol. The van der Waals surface area contributed by atoms with Crippen LogP contribution in [0.25, 0.3) is 0 Å². The lowest BCUT2D eigenvalue weighted by molar-refractivity contribution is -0.145. The van der Waals surface area contributed by atoms with Gasteiger partial charge >= 0.3 is 18.0 Å². The lowest BCUT2D eigenvalue weighted by Gasteiger charge is -2.47. The van der Waals surface area contributed by atoms with Crippen molar-refractivity contribution < 1.29 is 19.5 Å². The molecule has 3 heterocycles. The third-order valence-corrected chi connectivity index (χ3v) is 8.59. The van der Waals surface area contributed by atoms with Gasteiger partial charge in [-0.05, 0) is 61.4 Å². The quantitative estimate of drug-likeness (QED) is 0.463. The summed E-state index contributed by atoms with van der Waals surface area (Å²) in [4.78, 5) is 48.7. The lowest BCUT2D eigenvalue weighted by atomic mass is 10.0. The summed E-state index contributed by atoms with van der Waals surface area (Å²) >= 11 is 1.62. The number of hydrogen-bond donors (Lipinski definition) is 1. The van der Waals surface area contributed by atoms with Crippen molar-refractivity contribution in [2.45, 2.75) is 56.4 Å². The molecular weight excluding hydrogens is 500 g/mol. The van der Waals surface area contributed by atoms with Gasteiger partial charge in [-0.15, -0.1) is 11.3 Å². The zero-order chi connectivity index (χ0) is 26.2. The van der Waals surface area contributed by atoms with Crippen LogP contribution in [0.15, 0.2) is 78.2 Å². The van der Waals surface area contributed by atoms with Crippen molar-refractivity contribution in [2.24, 2.45) is 0 Å². The highest BCUT2D eigenvalue weighted by atomic mass is 32.1. The number of para-hydroxylation sites is 2. The van der Waals surface area contributed by atoms with E-state index < -0.39 is 24.1 Å². The summed E-state index contributed by atoms with van der Waals surface area (Å²) in [7, 11) is 0. The van der Waals surface area contributed by atoms with E-state index in [4.69, 9.17) is 0 Å². The predicted molar refractivity (Wildman–Crippen MR) is 145 cm³/mol. The van der Waals surface area contributed by atoms with Crippen molar-refractivity contribution in [3.8, 4) is 0 Å². The number of rotatable bonds is 6. The minimum absolute atomic E-state index is 0.102. The molecule has 3 aliphatic rings. The molecule has 3 atom stereocenters. The van der Waals surface area contributed by atoms with Crippen LogP contribution >= 0.6 is 11.3 Å². The molecule has 8 nitrogen and oxygen atoms in total. The van der Waals surface area contributed by atoms with Crippen LogP contribution in [0.5, 0.6) is 0 Å². The van der Waals surface area contributed by atoms with Gasteiger partial charge in [-0.2, -0.15) is 0 Å². The van der Waals surface area contributed by atoms with Crippen LogP contribution in [-0.2, 0) is 11.3 Å². The van der Waals surface area contributed by atoms with Gasteiger partial charge in [0.15, 0.2) is 6.04 Å². The van der Waals surface area contributed by atoms with Gasteiger partial charge < -0.3 is 19.8 Å². The molecule has 0 spiro atoms. The third kappa shape index (κ3) is 4.51. The number of likely N-dealkylation sites (tertiary alicyclic amines) is 1. The lowest BCUT2D eigenvalue weighted by Crippen LogP contribution is -2.67. The fourth-order valence-electron chi connectivity index (χ4n) is 5.85. The first-order valence-corrected chi connectivity index (χ1v) is 14.0. The van der Waals surface area contributed by atoms with Crippen LogP contribution in [0.1, 0.15) is 30.6 Å². The Morgan fingerprint density at radius 1 is 0.842 bits per heavy atom. The first-order chi connectivity index (χ1) is 18.5. The highest BCUT2D eigenvalue weighted by Gasteiger charge is 2.55. The molecule has 38 heavy (non-hydrogen) atoms. The molecule has 1 aromatic heterocycles. The molecule has 2 aromatic carbocycles. The summed E-state index contributed by atoms with van der Waals surface area (Å²) in [5.41, 5.74) is 1.32. The minimum Gasteiger partial charge on any atom is -0.480 e. The van der Waals surface area contributed by atoms with Crippen LogP contribution < -0.4 is 4.90 Å². The van der Waals surface area contributed by atoms with Gasteiger partial charge in [0.2, 0.25) is 0 Å². The van der Waals surface area contributed by atoms with Gasteiger partial charge in [0.25, 0.3) is 0 Å². The van der Waals surface area contributed by atoms with Crippen molar-refractivity contribution >= 4 is 40.7 Å². The van der Waals surface area contributed by atoms with Crippen LogP contribution in [0.3, 0.4) is 0 Å². The Morgan fingerprint density at radius 3 is 2.05 bits per heavy atom. The van der Waals surface area contributed by atoms with E-state index >= 15 is 0 Å². The number of fused-ring (bicyclic) bond motifs is 2. The zero-order valence-corrected chi connectivity index (χ0v) is 21.7.